The molecule has 0 bridgehead atoms. The van der Waals surface area contributed by atoms with Crippen molar-refractivity contribution in [2.75, 3.05) is 13.1 Å². The van der Waals surface area contributed by atoms with E-state index in [0.717, 1.165) is 10.5 Å². The number of carbonyl (C=O) groups excluding carboxylic acids is 3. The van der Waals surface area contributed by atoms with Crippen molar-refractivity contribution in [1.82, 2.24) is 10.2 Å². The molecule has 3 N–H and O–H groups in total. The number of likely N-dealkylation sites (tertiary alicyclic amines) is 1. The molecule has 0 aliphatic carbocycles. The normalized spacial score (nSPS) is 15.9. The van der Waals surface area contributed by atoms with Crippen molar-refractivity contribution >= 4 is 17.7 Å². The number of nitrogens with one attached hydrogen (secondary N) is 1. The van der Waals surface area contributed by atoms with Crippen molar-refractivity contribution < 1.29 is 14.4 Å². The summed E-state index contributed by atoms with van der Waals surface area (Å²) in [7, 11) is 0. The third kappa shape index (κ3) is 4.64. The number of amides is 3. The van der Waals surface area contributed by atoms with E-state index in [0.29, 0.717) is 12.5 Å². The van der Waals surface area contributed by atoms with E-state index in [9.17, 15) is 14.4 Å². The van der Waals surface area contributed by atoms with Crippen LogP contribution in [0.25, 0.3) is 0 Å². The second-order valence-corrected chi connectivity index (χ2v) is 6.42. The molecule has 1 aromatic carbocycles. The second kappa shape index (κ2) is 8.06. The van der Waals surface area contributed by atoms with Gasteiger partial charge in [-0.1, -0.05) is 38.1 Å². The van der Waals surface area contributed by atoms with Crippen LogP contribution < -0.4 is 11.1 Å². The maximum atomic E-state index is 11.9. The van der Waals surface area contributed by atoms with E-state index in [1.165, 1.54) is 5.56 Å². The van der Waals surface area contributed by atoms with Gasteiger partial charge in [-0.05, 0) is 17.0 Å². The van der Waals surface area contributed by atoms with Gasteiger partial charge in [-0.3, -0.25) is 19.3 Å². The summed E-state index contributed by atoms with van der Waals surface area (Å²) in [5.41, 5.74) is 8.31. The molecule has 1 aromatic rings. The second-order valence-electron chi connectivity index (χ2n) is 6.42. The van der Waals surface area contributed by atoms with Gasteiger partial charge in [-0.2, -0.15) is 0 Å². The summed E-state index contributed by atoms with van der Waals surface area (Å²) in [6.07, 6.45) is 0.603. The predicted octanol–water partition coefficient (Wildman–Crippen LogP) is 1.47. The topological polar surface area (TPSA) is 92.5 Å². The predicted molar refractivity (Wildman–Crippen MR) is 91.0 cm³/mol. The van der Waals surface area contributed by atoms with Crippen LogP contribution in [0.3, 0.4) is 0 Å². The third-order valence-electron chi connectivity index (χ3n) is 4.27. The van der Waals surface area contributed by atoms with Gasteiger partial charge in [0.1, 0.15) is 0 Å². The molecule has 1 fully saturated rings. The van der Waals surface area contributed by atoms with Crippen LogP contribution in [0.2, 0.25) is 0 Å². The molecular weight excluding hydrogens is 306 g/mol. The smallest absolute Gasteiger partial charge is 0.229 e. The van der Waals surface area contributed by atoms with Crippen molar-refractivity contribution in [1.29, 1.82) is 0 Å². The Balaban J connectivity index is 1.76. The summed E-state index contributed by atoms with van der Waals surface area (Å²) >= 11 is 0. The maximum absolute atomic E-state index is 11.9. The minimum absolute atomic E-state index is 0.108. The fraction of sp³-hybridized carbons (Fsp3) is 0.500. The average molecular weight is 331 g/mol. The van der Waals surface area contributed by atoms with Crippen LogP contribution in [-0.4, -0.2) is 35.7 Å². The molecule has 1 atom stereocenters. The summed E-state index contributed by atoms with van der Waals surface area (Å²) in [4.78, 5) is 36.0. The number of benzene rings is 1. The van der Waals surface area contributed by atoms with Crippen molar-refractivity contribution in [3.8, 4) is 0 Å². The highest BCUT2D eigenvalue weighted by Gasteiger charge is 2.28. The van der Waals surface area contributed by atoms with Crippen LogP contribution in [0.15, 0.2) is 24.3 Å². The Morgan fingerprint density at radius 1 is 1.12 bits per heavy atom. The lowest BCUT2D eigenvalue weighted by Gasteiger charge is -2.16. The molecule has 1 unspecified atom stereocenters. The van der Waals surface area contributed by atoms with Crippen molar-refractivity contribution in [3.63, 3.8) is 0 Å². The van der Waals surface area contributed by atoms with E-state index in [2.05, 4.69) is 19.2 Å². The first-order chi connectivity index (χ1) is 11.4. The first kappa shape index (κ1) is 18.1. The SMILES string of the molecule is CC(C)c1ccc(C(N)CNC(=O)CCN2C(=O)CCC2=O)cc1. The number of nitrogens with two attached hydrogens (primary N) is 1. The molecule has 1 aliphatic rings. The maximum Gasteiger partial charge on any atom is 0.229 e. The lowest BCUT2D eigenvalue weighted by molar-refractivity contribution is -0.138. The van der Waals surface area contributed by atoms with E-state index in [4.69, 9.17) is 5.73 Å². The Morgan fingerprint density at radius 3 is 2.21 bits per heavy atom. The van der Waals surface area contributed by atoms with Gasteiger partial charge in [0, 0.05) is 38.4 Å². The van der Waals surface area contributed by atoms with Gasteiger partial charge in [0.15, 0.2) is 0 Å². The molecule has 0 spiro atoms. The minimum Gasteiger partial charge on any atom is -0.354 e. The average Bonchev–Trinajstić information content (AvgIpc) is 2.89. The Hall–Kier alpha value is -2.21. The summed E-state index contributed by atoms with van der Waals surface area (Å²) in [6, 6.07) is 7.77. The minimum atomic E-state index is -0.287. The lowest BCUT2D eigenvalue weighted by atomic mass is 9.99. The Bertz CT molecular complexity index is 594. The largest absolute Gasteiger partial charge is 0.354 e. The molecule has 3 amide bonds. The molecule has 0 aromatic heterocycles. The molecule has 1 heterocycles. The molecule has 0 saturated carbocycles. The molecule has 6 nitrogen and oxygen atoms in total. The number of nitrogens with zero attached hydrogens (tertiary/aromatic N) is 1. The van der Waals surface area contributed by atoms with Gasteiger partial charge in [0.2, 0.25) is 17.7 Å². The van der Waals surface area contributed by atoms with Crippen LogP contribution in [0.4, 0.5) is 0 Å². The van der Waals surface area contributed by atoms with Gasteiger partial charge in [-0.15, -0.1) is 0 Å². The number of hydrogen-bond donors (Lipinski definition) is 2. The van der Waals surface area contributed by atoms with E-state index in [1.54, 1.807) is 0 Å². The van der Waals surface area contributed by atoms with Gasteiger partial charge in [0.05, 0.1) is 0 Å². The van der Waals surface area contributed by atoms with Crippen LogP contribution in [-0.2, 0) is 14.4 Å². The molecule has 1 saturated heterocycles. The molecule has 24 heavy (non-hydrogen) atoms. The van der Waals surface area contributed by atoms with E-state index >= 15 is 0 Å². The van der Waals surface area contributed by atoms with Crippen molar-refractivity contribution in [3.05, 3.63) is 35.4 Å². The number of hydrogen-bond acceptors (Lipinski definition) is 4. The first-order valence-electron chi connectivity index (χ1n) is 8.34. The van der Waals surface area contributed by atoms with Crippen molar-refractivity contribution in [2.24, 2.45) is 5.73 Å². The standard InChI is InChI=1S/C18H25N3O3/c1-12(2)13-3-5-14(6-4-13)15(19)11-20-16(22)9-10-21-17(23)7-8-18(21)24/h3-6,12,15H,7-11,19H2,1-2H3,(H,20,22). The highest BCUT2D eigenvalue weighted by atomic mass is 16.2. The monoisotopic (exact) mass is 331 g/mol. The van der Waals surface area contributed by atoms with E-state index in [-0.39, 0.29) is 49.6 Å². The zero-order valence-electron chi connectivity index (χ0n) is 14.2. The fourth-order valence-corrected chi connectivity index (χ4v) is 2.64. The number of carbonyl (C=O) groups is 3. The summed E-state index contributed by atoms with van der Waals surface area (Å²) < 4.78 is 0. The summed E-state index contributed by atoms with van der Waals surface area (Å²) in [5, 5.41) is 2.76. The zero-order chi connectivity index (χ0) is 17.7. The number of rotatable bonds is 7. The molecule has 6 heteroatoms. The van der Waals surface area contributed by atoms with Gasteiger partial charge in [-0.25, -0.2) is 0 Å². The summed E-state index contributed by atoms with van der Waals surface area (Å²) in [6.45, 7) is 4.72. The van der Waals surface area contributed by atoms with Crippen LogP contribution in [0.1, 0.15) is 56.2 Å². The Labute approximate surface area is 142 Å². The molecular formula is C18H25N3O3. The first-order valence-corrected chi connectivity index (χ1v) is 8.34. The zero-order valence-corrected chi connectivity index (χ0v) is 14.2. The van der Waals surface area contributed by atoms with Crippen LogP contribution in [0.5, 0.6) is 0 Å². The van der Waals surface area contributed by atoms with E-state index < -0.39 is 0 Å². The van der Waals surface area contributed by atoms with Gasteiger partial charge < -0.3 is 11.1 Å². The van der Waals surface area contributed by atoms with Crippen LogP contribution in [0, 0.1) is 0 Å². The molecule has 0 radical (unpaired) electrons. The van der Waals surface area contributed by atoms with Crippen molar-refractivity contribution in [2.45, 2.75) is 45.1 Å². The molecule has 130 valence electrons. The third-order valence-corrected chi connectivity index (χ3v) is 4.27. The van der Waals surface area contributed by atoms with Gasteiger partial charge in [0.25, 0.3) is 0 Å². The lowest BCUT2D eigenvalue weighted by Crippen LogP contribution is -2.36. The molecule has 1 aliphatic heterocycles. The van der Waals surface area contributed by atoms with Crippen LogP contribution >= 0.6 is 0 Å². The Kier molecular flexibility index (Phi) is 6.09. The highest BCUT2D eigenvalue weighted by molar-refractivity contribution is 6.02. The number of imide groups is 1. The quantitative estimate of drug-likeness (QED) is 0.740. The highest BCUT2D eigenvalue weighted by Crippen LogP contribution is 2.17. The van der Waals surface area contributed by atoms with Gasteiger partial charge >= 0.3 is 0 Å². The summed E-state index contributed by atoms with van der Waals surface area (Å²) in [5.74, 6) is -0.146. The van der Waals surface area contributed by atoms with E-state index in [1.807, 2.05) is 24.3 Å². The fourth-order valence-electron chi connectivity index (χ4n) is 2.64. The Morgan fingerprint density at radius 2 is 1.67 bits per heavy atom. The molecule has 2 rings (SSSR count).